The van der Waals surface area contributed by atoms with E-state index >= 15 is 0 Å². The van der Waals surface area contributed by atoms with Crippen LogP contribution in [0.4, 0.5) is 5.95 Å². The van der Waals surface area contributed by atoms with Gasteiger partial charge in [-0.2, -0.15) is 0 Å². The summed E-state index contributed by atoms with van der Waals surface area (Å²) in [5.41, 5.74) is 2.69. The molecule has 8 heteroatoms. The first-order valence-corrected chi connectivity index (χ1v) is 9.33. The van der Waals surface area contributed by atoms with Crippen molar-refractivity contribution < 1.29 is 4.79 Å². The Morgan fingerprint density at radius 3 is 2.63 bits per heavy atom. The van der Waals surface area contributed by atoms with Crippen molar-refractivity contribution >= 4 is 11.9 Å². The van der Waals surface area contributed by atoms with Gasteiger partial charge in [-0.05, 0) is 46.1 Å². The van der Waals surface area contributed by atoms with Gasteiger partial charge < -0.3 is 10.2 Å². The molecule has 1 N–H and O–H groups in total. The van der Waals surface area contributed by atoms with E-state index in [0.29, 0.717) is 17.8 Å². The van der Waals surface area contributed by atoms with Crippen LogP contribution in [0, 0.1) is 20.8 Å². The Kier molecular flexibility index (Phi) is 5.83. The minimum absolute atomic E-state index is 0.0595. The van der Waals surface area contributed by atoms with Gasteiger partial charge in [0.25, 0.3) is 5.56 Å². The molecule has 0 spiro atoms. The van der Waals surface area contributed by atoms with Crippen LogP contribution in [0.2, 0.25) is 0 Å². The molecule has 0 atom stereocenters. The highest BCUT2D eigenvalue weighted by Gasteiger charge is 2.15. The predicted molar refractivity (Wildman–Crippen MR) is 103 cm³/mol. The molecule has 27 heavy (non-hydrogen) atoms. The fourth-order valence-corrected chi connectivity index (χ4v) is 3.13. The molecule has 0 radical (unpaired) electrons. The molecule has 2 aromatic heterocycles. The van der Waals surface area contributed by atoms with Gasteiger partial charge >= 0.3 is 0 Å². The molecule has 3 rings (SSSR count). The summed E-state index contributed by atoms with van der Waals surface area (Å²) in [6, 6.07) is 1.87. The number of rotatable bonds is 5. The Morgan fingerprint density at radius 1 is 1.15 bits per heavy atom. The zero-order valence-corrected chi connectivity index (χ0v) is 16.2. The van der Waals surface area contributed by atoms with E-state index in [1.165, 1.54) is 17.3 Å². The van der Waals surface area contributed by atoms with Crippen LogP contribution >= 0.6 is 0 Å². The smallest absolute Gasteiger partial charge is 0.256 e. The molecule has 0 bridgehead atoms. The zero-order valence-electron chi connectivity index (χ0n) is 16.2. The van der Waals surface area contributed by atoms with Gasteiger partial charge in [0.2, 0.25) is 11.9 Å². The summed E-state index contributed by atoms with van der Waals surface area (Å²) in [7, 11) is 0. The maximum absolute atomic E-state index is 12.3. The molecule has 1 aliphatic rings. The van der Waals surface area contributed by atoms with Gasteiger partial charge in [0.05, 0.1) is 18.6 Å². The van der Waals surface area contributed by atoms with E-state index in [1.54, 1.807) is 13.8 Å². The monoisotopic (exact) mass is 370 g/mol. The average molecular weight is 370 g/mol. The first-order valence-electron chi connectivity index (χ1n) is 9.33. The normalized spacial score (nSPS) is 14.3. The number of hydrogen-bond donors (Lipinski definition) is 1. The Hall–Kier alpha value is -2.77. The Bertz CT molecular complexity index is 886. The Morgan fingerprint density at radius 2 is 1.89 bits per heavy atom. The highest BCUT2D eigenvalue weighted by atomic mass is 16.2. The predicted octanol–water partition coefficient (Wildman–Crippen LogP) is 1.27. The third-order valence-electron chi connectivity index (χ3n) is 4.83. The molecule has 1 fully saturated rings. The van der Waals surface area contributed by atoms with Crippen molar-refractivity contribution in [2.24, 2.45) is 0 Å². The molecule has 8 nitrogen and oxygen atoms in total. The van der Waals surface area contributed by atoms with Gasteiger partial charge in [0.15, 0.2) is 0 Å². The number of amides is 1. The van der Waals surface area contributed by atoms with Crippen LogP contribution in [0.3, 0.4) is 0 Å². The van der Waals surface area contributed by atoms with Crippen molar-refractivity contribution in [3.63, 3.8) is 0 Å². The number of carbonyl (C=O) groups is 1. The van der Waals surface area contributed by atoms with Crippen molar-refractivity contribution in [1.29, 1.82) is 0 Å². The molecular formula is C19H26N6O2. The number of nitrogens with one attached hydrogen (secondary N) is 1. The van der Waals surface area contributed by atoms with Crippen molar-refractivity contribution in [2.45, 2.75) is 53.1 Å². The summed E-state index contributed by atoms with van der Waals surface area (Å²) in [6.45, 7) is 7.60. The molecule has 1 aliphatic heterocycles. The van der Waals surface area contributed by atoms with Crippen LogP contribution in [0.1, 0.15) is 41.9 Å². The lowest BCUT2D eigenvalue weighted by Crippen LogP contribution is -2.34. The van der Waals surface area contributed by atoms with E-state index in [1.807, 2.05) is 13.0 Å². The molecule has 0 saturated carbocycles. The summed E-state index contributed by atoms with van der Waals surface area (Å²) in [5, 5.41) is 2.83. The maximum atomic E-state index is 12.3. The molecule has 1 amide bonds. The lowest BCUT2D eigenvalue weighted by atomic mass is 10.1. The van der Waals surface area contributed by atoms with E-state index in [9.17, 15) is 9.59 Å². The van der Waals surface area contributed by atoms with E-state index < -0.39 is 0 Å². The number of aryl methyl sites for hydroxylation is 2. The third-order valence-corrected chi connectivity index (χ3v) is 4.83. The number of carbonyl (C=O) groups excluding carboxylic acids is 1. The first-order chi connectivity index (χ1) is 12.9. The molecule has 144 valence electrons. The van der Waals surface area contributed by atoms with Gasteiger partial charge in [-0.1, -0.05) is 0 Å². The lowest BCUT2D eigenvalue weighted by molar-refractivity contribution is -0.121. The number of nitrogens with zero attached hydrogens (tertiary/aromatic N) is 5. The second-order valence-corrected chi connectivity index (χ2v) is 7.01. The standard InChI is InChI=1S/C19H26N6O2/c1-13-9-16(23-19(22-13)24-7-5-4-6-8-24)10-20-17(26)11-25-12-21-15(3)14(2)18(25)27/h9,12H,4-8,10-11H2,1-3H3,(H,20,26). The fraction of sp³-hybridized carbons (Fsp3) is 0.526. The fourth-order valence-electron chi connectivity index (χ4n) is 3.13. The molecule has 1 saturated heterocycles. The summed E-state index contributed by atoms with van der Waals surface area (Å²) in [5.74, 6) is 0.478. The van der Waals surface area contributed by atoms with Gasteiger partial charge in [0.1, 0.15) is 6.54 Å². The molecule has 0 unspecified atom stereocenters. The number of aromatic nitrogens is 4. The number of hydrogen-bond acceptors (Lipinski definition) is 6. The van der Waals surface area contributed by atoms with E-state index in [0.717, 1.165) is 43.3 Å². The second-order valence-electron chi connectivity index (χ2n) is 7.01. The summed E-state index contributed by atoms with van der Waals surface area (Å²) < 4.78 is 1.32. The van der Waals surface area contributed by atoms with Gasteiger partial charge in [-0.15, -0.1) is 0 Å². The van der Waals surface area contributed by atoms with Crippen LogP contribution in [0.5, 0.6) is 0 Å². The molecule has 3 heterocycles. The maximum Gasteiger partial charge on any atom is 0.256 e. The van der Waals surface area contributed by atoms with Crippen molar-refractivity contribution in [3.05, 3.63) is 45.4 Å². The van der Waals surface area contributed by atoms with Gasteiger partial charge in [-0.3, -0.25) is 14.2 Å². The SMILES string of the molecule is Cc1cc(CNC(=O)Cn2cnc(C)c(C)c2=O)nc(N2CCCCC2)n1. The largest absolute Gasteiger partial charge is 0.349 e. The van der Waals surface area contributed by atoms with Crippen LogP contribution in [-0.4, -0.2) is 38.5 Å². The van der Waals surface area contributed by atoms with Gasteiger partial charge in [-0.25, -0.2) is 15.0 Å². The third kappa shape index (κ3) is 4.69. The first kappa shape index (κ1) is 19.0. The van der Waals surface area contributed by atoms with Crippen molar-refractivity contribution in [3.8, 4) is 0 Å². The highest BCUT2D eigenvalue weighted by molar-refractivity contribution is 5.75. The summed E-state index contributed by atoms with van der Waals surface area (Å²) in [6.07, 6.45) is 4.97. The van der Waals surface area contributed by atoms with Crippen LogP contribution in [0.25, 0.3) is 0 Å². The molecule has 2 aromatic rings. The van der Waals surface area contributed by atoms with Crippen LogP contribution in [-0.2, 0) is 17.9 Å². The van der Waals surface area contributed by atoms with E-state index in [-0.39, 0.29) is 18.0 Å². The Balaban J connectivity index is 1.64. The lowest BCUT2D eigenvalue weighted by Gasteiger charge is -2.27. The second kappa shape index (κ2) is 8.28. The number of piperidine rings is 1. The van der Waals surface area contributed by atoms with E-state index in [2.05, 4.69) is 25.2 Å². The zero-order chi connectivity index (χ0) is 19.4. The highest BCUT2D eigenvalue weighted by Crippen LogP contribution is 2.16. The minimum atomic E-state index is -0.252. The minimum Gasteiger partial charge on any atom is -0.349 e. The summed E-state index contributed by atoms with van der Waals surface area (Å²) in [4.78, 5) is 39.9. The van der Waals surface area contributed by atoms with Crippen LogP contribution in [0.15, 0.2) is 17.2 Å². The molecular weight excluding hydrogens is 344 g/mol. The number of anilines is 1. The summed E-state index contributed by atoms with van der Waals surface area (Å²) >= 11 is 0. The quantitative estimate of drug-likeness (QED) is 0.852. The van der Waals surface area contributed by atoms with Crippen molar-refractivity contribution in [2.75, 3.05) is 18.0 Å². The van der Waals surface area contributed by atoms with Crippen LogP contribution < -0.4 is 15.8 Å². The molecule has 0 aliphatic carbocycles. The topological polar surface area (TPSA) is 93.0 Å². The molecule has 0 aromatic carbocycles. The van der Waals surface area contributed by atoms with Crippen molar-refractivity contribution in [1.82, 2.24) is 24.8 Å². The van der Waals surface area contributed by atoms with Gasteiger partial charge in [0, 0.05) is 30.0 Å². The van der Waals surface area contributed by atoms with E-state index in [4.69, 9.17) is 0 Å². The average Bonchev–Trinajstić information content (AvgIpc) is 2.67. The Labute approximate surface area is 158 Å².